The first kappa shape index (κ1) is 13.6. The van der Waals surface area contributed by atoms with E-state index in [4.69, 9.17) is 0 Å². The zero-order valence-electron chi connectivity index (χ0n) is 10.9. The zero-order valence-corrected chi connectivity index (χ0v) is 10.9. The van der Waals surface area contributed by atoms with Crippen LogP contribution in [-0.4, -0.2) is 18.2 Å². The van der Waals surface area contributed by atoms with Crippen LogP contribution in [0.4, 0.5) is 4.39 Å². The van der Waals surface area contributed by atoms with E-state index in [-0.39, 0.29) is 17.6 Å². The summed E-state index contributed by atoms with van der Waals surface area (Å²) in [7, 11) is 1.88. The van der Waals surface area contributed by atoms with E-state index in [1.54, 1.807) is 18.2 Å². The third-order valence-corrected chi connectivity index (χ3v) is 3.25. The van der Waals surface area contributed by atoms with E-state index in [1.165, 1.54) is 6.07 Å². The molecule has 0 saturated carbocycles. The highest BCUT2D eigenvalue weighted by atomic mass is 19.1. The summed E-state index contributed by atoms with van der Waals surface area (Å²) < 4.78 is 13.6. The molecule has 0 fully saturated rings. The second-order valence-corrected chi connectivity index (χ2v) is 4.65. The lowest BCUT2D eigenvalue weighted by Crippen LogP contribution is -2.30. The lowest BCUT2D eigenvalue weighted by Gasteiger charge is -2.16. The minimum absolute atomic E-state index is 0.159. The molecule has 0 bridgehead atoms. The monoisotopic (exact) mass is 259 g/mol. The van der Waals surface area contributed by atoms with Crippen molar-refractivity contribution in [3.63, 3.8) is 0 Å². The molecule has 3 heteroatoms. The summed E-state index contributed by atoms with van der Waals surface area (Å²) in [4.78, 5) is 0. The van der Waals surface area contributed by atoms with Gasteiger partial charge in [-0.15, -0.1) is 0 Å². The van der Waals surface area contributed by atoms with E-state index < -0.39 is 0 Å². The van der Waals surface area contributed by atoms with Gasteiger partial charge in [0.15, 0.2) is 0 Å². The molecule has 0 saturated heterocycles. The fraction of sp³-hybridized carbons (Fsp3) is 0.250. The molecule has 2 N–H and O–H groups in total. The summed E-state index contributed by atoms with van der Waals surface area (Å²) >= 11 is 0. The highest BCUT2D eigenvalue weighted by Gasteiger charge is 2.11. The lowest BCUT2D eigenvalue weighted by molar-refractivity contribution is 0.474. The van der Waals surface area contributed by atoms with Crippen LogP contribution >= 0.6 is 0 Å². The molecule has 2 aromatic rings. The number of benzene rings is 2. The van der Waals surface area contributed by atoms with Gasteiger partial charge in [-0.3, -0.25) is 0 Å². The Hall–Kier alpha value is -1.87. The maximum absolute atomic E-state index is 13.6. The number of halogens is 1. The van der Waals surface area contributed by atoms with E-state index in [9.17, 15) is 9.50 Å². The molecule has 0 aliphatic carbocycles. The fourth-order valence-electron chi connectivity index (χ4n) is 2.12. The molecular formula is C16H18FNO. The Labute approximate surface area is 112 Å². The van der Waals surface area contributed by atoms with Crippen LogP contribution in [0.3, 0.4) is 0 Å². The molecule has 0 aliphatic heterocycles. The molecule has 0 aliphatic rings. The predicted molar refractivity (Wildman–Crippen MR) is 74.8 cm³/mol. The smallest absolute Gasteiger partial charge is 0.126 e. The van der Waals surface area contributed by atoms with Crippen LogP contribution in [0.15, 0.2) is 48.5 Å². The number of hydrogen-bond acceptors (Lipinski definition) is 2. The van der Waals surface area contributed by atoms with Crippen LogP contribution in [0.25, 0.3) is 0 Å². The highest BCUT2D eigenvalue weighted by Crippen LogP contribution is 2.14. The SMILES string of the molecule is CNC(Cc1ccc(O)cc1)Cc1ccccc1F. The van der Waals surface area contributed by atoms with Gasteiger partial charge in [0.25, 0.3) is 0 Å². The molecule has 2 aromatic carbocycles. The summed E-state index contributed by atoms with van der Waals surface area (Å²) in [5, 5.41) is 12.5. The van der Waals surface area contributed by atoms with Crippen LogP contribution in [0.5, 0.6) is 5.75 Å². The number of hydrogen-bond donors (Lipinski definition) is 2. The van der Waals surface area contributed by atoms with E-state index in [0.29, 0.717) is 6.42 Å². The first-order chi connectivity index (χ1) is 9.19. The Morgan fingerprint density at radius 2 is 1.74 bits per heavy atom. The highest BCUT2D eigenvalue weighted by molar-refractivity contribution is 5.27. The summed E-state index contributed by atoms with van der Waals surface area (Å²) in [5.41, 5.74) is 1.84. The topological polar surface area (TPSA) is 32.3 Å². The Morgan fingerprint density at radius 3 is 2.37 bits per heavy atom. The standard InChI is InChI=1S/C16H18FNO/c1-18-14(10-12-6-8-15(19)9-7-12)11-13-4-2-3-5-16(13)17/h2-9,14,18-19H,10-11H2,1H3. The number of phenolic OH excluding ortho intramolecular Hbond substituents is 1. The summed E-state index contributed by atoms with van der Waals surface area (Å²) in [6.45, 7) is 0. The van der Waals surface area contributed by atoms with Gasteiger partial charge in [-0.05, 0) is 49.2 Å². The van der Waals surface area contributed by atoms with Gasteiger partial charge in [0.05, 0.1) is 0 Å². The minimum Gasteiger partial charge on any atom is -0.508 e. The van der Waals surface area contributed by atoms with Crippen molar-refractivity contribution in [2.45, 2.75) is 18.9 Å². The molecule has 19 heavy (non-hydrogen) atoms. The van der Waals surface area contributed by atoms with Gasteiger partial charge in [0, 0.05) is 6.04 Å². The molecular weight excluding hydrogens is 241 g/mol. The van der Waals surface area contributed by atoms with Crippen molar-refractivity contribution >= 4 is 0 Å². The van der Waals surface area contributed by atoms with Crippen molar-refractivity contribution in [3.8, 4) is 5.75 Å². The lowest BCUT2D eigenvalue weighted by atomic mass is 9.99. The maximum atomic E-state index is 13.6. The molecule has 1 atom stereocenters. The summed E-state index contributed by atoms with van der Waals surface area (Å²) in [6, 6.07) is 14.2. The second-order valence-electron chi connectivity index (χ2n) is 4.65. The molecule has 100 valence electrons. The quantitative estimate of drug-likeness (QED) is 0.865. The first-order valence-corrected chi connectivity index (χ1v) is 6.37. The number of rotatable bonds is 5. The van der Waals surface area contributed by atoms with Crippen molar-refractivity contribution in [1.29, 1.82) is 0 Å². The fourth-order valence-corrected chi connectivity index (χ4v) is 2.12. The molecule has 0 spiro atoms. The number of nitrogens with one attached hydrogen (secondary N) is 1. The van der Waals surface area contributed by atoms with Crippen LogP contribution in [0.1, 0.15) is 11.1 Å². The molecule has 1 unspecified atom stereocenters. The predicted octanol–water partition coefficient (Wildman–Crippen LogP) is 2.90. The molecule has 0 aromatic heterocycles. The number of likely N-dealkylation sites (N-methyl/N-ethyl adjacent to an activating group) is 1. The van der Waals surface area contributed by atoms with Gasteiger partial charge < -0.3 is 10.4 Å². The van der Waals surface area contributed by atoms with Gasteiger partial charge in [0.1, 0.15) is 11.6 Å². The maximum Gasteiger partial charge on any atom is 0.126 e. The number of phenols is 1. The van der Waals surface area contributed by atoms with E-state index in [1.807, 2.05) is 31.3 Å². The van der Waals surface area contributed by atoms with Gasteiger partial charge in [-0.25, -0.2) is 4.39 Å². The zero-order chi connectivity index (χ0) is 13.7. The molecule has 2 rings (SSSR count). The Kier molecular flexibility index (Phi) is 4.53. The van der Waals surface area contributed by atoms with E-state index in [0.717, 1.165) is 17.5 Å². The van der Waals surface area contributed by atoms with Crippen LogP contribution in [0, 0.1) is 5.82 Å². The Morgan fingerprint density at radius 1 is 1.05 bits per heavy atom. The molecule has 2 nitrogen and oxygen atoms in total. The first-order valence-electron chi connectivity index (χ1n) is 6.37. The van der Waals surface area contributed by atoms with E-state index >= 15 is 0 Å². The van der Waals surface area contributed by atoms with Gasteiger partial charge in [-0.2, -0.15) is 0 Å². The minimum atomic E-state index is -0.159. The molecule has 0 heterocycles. The van der Waals surface area contributed by atoms with Crippen LogP contribution in [0.2, 0.25) is 0 Å². The third kappa shape index (κ3) is 3.80. The average molecular weight is 259 g/mol. The van der Waals surface area contributed by atoms with Crippen molar-refractivity contribution in [2.75, 3.05) is 7.05 Å². The van der Waals surface area contributed by atoms with Crippen LogP contribution < -0.4 is 5.32 Å². The van der Waals surface area contributed by atoms with Gasteiger partial charge >= 0.3 is 0 Å². The second kappa shape index (κ2) is 6.34. The molecule has 0 radical (unpaired) electrons. The molecule has 0 amide bonds. The van der Waals surface area contributed by atoms with Crippen molar-refractivity contribution in [3.05, 3.63) is 65.5 Å². The Balaban J connectivity index is 2.05. The average Bonchev–Trinajstić information content (AvgIpc) is 2.43. The van der Waals surface area contributed by atoms with Crippen molar-refractivity contribution in [2.24, 2.45) is 0 Å². The van der Waals surface area contributed by atoms with Crippen molar-refractivity contribution in [1.82, 2.24) is 5.32 Å². The van der Waals surface area contributed by atoms with Gasteiger partial charge in [0.2, 0.25) is 0 Å². The number of aromatic hydroxyl groups is 1. The third-order valence-electron chi connectivity index (χ3n) is 3.25. The summed E-state index contributed by atoms with van der Waals surface area (Å²) in [5.74, 6) is 0.104. The van der Waals surface area contributed by atoms with E-state index in [2.05, 4.69) is 5.32 Å². The van der Waals surface area contributed by atoms with Crippen LogP contribution in [-0.2, 0) is 12.8 Å². The largest absolute Gasteiger partial charge is 0.508 e. The van der Waals surface area contributed by atoms with Gasteiger partial charge in [-0.1, -0.05) is 30.3 Å². The van der Waals surface area contributed by atoms with Crippen molar-refractivity contribution < 1.29 is 9.50 Å². The normalized spacial score (nSPS) is 12.3. The summed E-state index contributed by atoms with van der Waals surface area (Å²) in [6.07, 6.45) is 1.44. The Bertz CT molecular complexity index is 525.